The second kappa shape index (κ2) is 7.90. The Morgan fingerprint density at radius 2 is 2.23 bits per heavy atom. The Labute approximate surface area is 159 Å². The van der Waals surface area contributed by atoms with E-state index < -0.39 is 0 Å². The number of likely N-dealkylation sites (N-methyl/N-ethyl adjacent to an activating group) is 1. The van der Waals surface area contributed by atoms with Crippen LogP contribution in [0.15, 0.2) is 9.90 Å². The average Bonchev–Trinajstić information content (AvgIpc) is 3.12. The van der Waals surface area contributed by atoms with Gasteiger partial charge >= 0.3 is 0 Å². The van der Waals surface area contributed by atoms with Crippen LogP contribution in [0.3, 0.4) is 0 Å². The molecule has 0 saturated carbocycles. The monoisotopic (exact) mass is 376 g/mol. The van der Waals surface area contributed by atoms with Crippen LogP contribution in [0, 0.1) is 13.8 Å². The van der Waals surface area contributed by atoms with E-state index in [4.69, 9.17) is 4.52 Å². The molecule has 0 unspecified atom stereocenters. The highest BCUT2D eigenvalue weighted by Crippen LogP contribution is 2.30. The Kier molecular flexibility index (Phi) is 5.79. The molecule has 1 aliphatic heterocycles. The van der Waals surface area contributed by atoms with Gasteiger partial charge in [0.25, 0.3) is 5.91 Å². The Bertz CT molecular complexity index is 761. The number of hydrogen-bond acceptors (Lipinski definition) is 6. The number of nitrogens with zero attached hydrogens (tertiary/aromatic N) is 3. The molecule has 0 fully saturated rings. The van der Waals surface area contributed by atoms with Gasteiger partial charge in [0.05, 0.1) is 11.3 Å². The summed E-state index contributed by atoms with van der Waals surface area (Å²) in [4.78, 5) is 18.4. The summed E-state index contributed by atoms with van der Waals surface area (Å²) in [5.41, 5.74) is 4.22. The molecule has 2 aromatic rings. The number of aryl methyl sites for hydroxylation is 2. The summed E-state index contributed by atoms with van der Waals surface area (Å²) in [7, 11) is 4.03. The maximum absolute atomic E-state index is 12.6. The predicted molar refractivity (Wildman–Crippen MR) is 104 cm³/mol. The first-order valence-electron chi connectivity index (χ1n) is 9.04. The summed E-state index contributed by atoms with van der Waals surface area (Å²) in [5, 5.41) is 9.18. The molecule has 0 aliphatic carbocycles. The van der Waals surface area contributed by atoms with Crippen molar-refractivity contribution >= 4 is 17.2 Å². The minimum absolute atomic E-state index is 0.0519. The molecule has 3 rings (SSSR count). The molecule has 0 aromatic carbocycles. The molecule has 1 aliphatic rings. The van der Waals surface area contributed by atoms with Crippen LogP contribution in [0.25, 0.3) is 0 Å². The molecule has 0 radical (unpaired) electrons. The van der Waals surface area contributed by atoms with Crippen molar-refractivity contribution in [1.82, 2.24) is 20.3 Å². The summed E-state index contributed by atoms with van der Waals surface area (Å²) in [6.45, 7) is 9.51. The molecule has 1 atom stereocenters. The van der Waals surface area contributed by atoms with Crippen molar-refractivity contribution in [3.63, 3.8) is 0 Å². The van der Waals surface area contributed by atoms with E-state index in [9.17, 15) is 4.79 Å². The SMILES string of the molecule is Cc1noc(C)c1CN1CCc2c(C(=O)N[C@H](C)CN(C)C)csc2C1. The third-order valence-corrected chi connectivity index (χ3v) is 5.86. The Morgan fingerprint density at radius 3 is 2.88 bits per heavy atom. The molecule has 2 aromatic heterocycles. The van der Waals surface area contributed by atoms with Crippen LogP contribution in [0.1, 0.15) is 44.7 Å². The van der Waals surface area contributed by atoms with E-state index in [-0.39, 0.29) is 11.9 Å². The number of fused-ring (bicyclic) bond motifs is 1. The highest BCUT2D eigenvalue weighted by atomic mass is 32.1. The van der Waals surface area contributed by atoms with Crippen LogP contribution in [0.5, 0.6) is 0 Å². The largest absolute Gasteiger partial charge is 0.361 e. The summed E-state index contributed by atoms with van der Waals surface area (Å²) in [6.07, 6.45) is 0.910. The second-order valence-electron chi connectivity index (χ2n) is 7.45. The minimum Gasteiger partial charge on any atom is -0.361 e. The maximum Gasteiger partial charge on any atom is 0.252 e. The molecule has 0 saturated heterocycles. The highest BCUT2D eigenvalue weighted by Gasteiger charge is 2.25. The molecule has 1 amide bonds. The topological polar surface area (TPSA) is 61.6 Å². The Hall–Kier alpha value is -1.70. The molecule has 7 heteroatoms. The fourth-order valence-electron chi connectivity index (χ4n) is 3.55. The smallest absolute Gasteiger partial charge is 0.252 e. The molecule has 0 spiro atoms. The van der Waals surface area contributed by atoms with Crippen LogP contribution in [0.2, 0.25) is 0 Å². The minimum atomic E-state index is 0.0519. The van der Waals surface area contributed by atoms with E-state index in [0.717, 1.165) is 49.6 Å². The van der Waals surface area contributed by atoms with E-state index in [1.807, 2.05) is 40.2 Å². The van der Waals surface area contributed by atoms with Crippen molar-refractivity contribution < 1.29 is 9.32 Å². The van der Waals surface area contributed by atoms with E-state index in [2.05, 4.69) is 20.3 Å². The average molecular weight is 377 g/mol. The van der Waals surface area contributed by atoms with Gasteiger partial charge in [-0.1, -0.05) is 5.16 Å². The van der Waals surface area contributed by atoms with Crippen LogP contribution in [-0.4, -0.2) is 54.1 Å². The van der Waals surface area contributed by atoms with E-state index >= 15 is 0 Å². The van der Waals surface area contributed by atoms with Crippen molar-refractivity contribution in [2.75, 3.05) is 27.2 Å². The molecule has 0 bridgehead atoms. The van der Waals surface area contributed by atoms with E-state index in [1.54, 1.807) is 11.3 Å². The van der Waals surface area contributed by atoms with Crippen LogP contribution in [-0.2, 0) is 19.5 Å². The number of hydrogen-bond donors (Lipinski definition) is 1. The van der Waals surface area contributed by atoms with Gasteiger partial charge < -0.3 is 14.7 Å². The number of amides is 1. The number of rotatable bonds is 6. The summed E-state index contributed by atoms with van der Waals surface area (Å²) < 4.78 is 5.28. The molecule has 3 heterocycles. The van der Waals surface area contributed by atoms with Crippen molar-refractivity contribution in [1.29, 1.82) is 0 Å². The number of thiophene rings is 1. The van der Waals surface area contributed by atoms with Gasteiger partial charge in [-0.05, 0) is 46.9 Å². The first-order valence-corrected chi connectivity index (χ1v) is 9.92. The molecular weight excluding hydrogens is 348 g/mol. The quantitative estimate of drug-likeness (QED) is 0.840. The first kappa shape index (κ1) is 19.1. The van der Waals surface area contributed by atoms with Gasteiger partial charge in [0.1, 0.15) is 5.76 Å². The van der Waals surface area contributed by atoms with Gasteiger partial charge in [-0.2, -0.15) is 0 Å². The number of carbonyl (C=O) groups is 1. The van der Waals surface area contributed by atoms with Gasteiger partial charge in [-0.25, -0.2) is 0 Å². The lowest BCUT2D eigenvalue weighted by Crippen LogP contribution is -2.40. The third-order valence-electron chi connectivity index (χ3n) is 4.85. The van der Waals surface area contributed by atoms with Gasteiger partial charge in [0.15, 0.2) is 0 Å². The van der Waals surface area contributed by atoms with Gasteiger partial charge in [0, 0.05) is 48.0 Å². The highest BCUT2D eigenvalue weighted by molar-refractivity contribution is 7.10. The summed E-state index contributed by atoms with van der Waals surface area (Å²) in [6, 6.07) is 0.132. The van der Waals surface area contributed by atoms with Crippen LogP contribution in [0.4, 0.5) is 0 Å². The number of aromatic nitrogens is 1. The Balaban J connectivity index is 1.66. The zero-order valence-corrected chi connectivity index (χ0v) is 17.1. The second-order valence-corrected chi connectivity index (χ2v) is 8.42. The fraction of sp³-hybridized carbons (Fsp3) is 0.579. The van der Waals surface area contributed by atoms with Crippen molar-refractivity contribution in [3.05, 3.63) is 38.4 Å². The summed E-state index contributed by atoms with van der Waals surface area (Å²) in [5.74, 6) is 0.949. The zero-order valence-electron chi connectivity index (χ0n) is 16.3. The first-order chi connectivity index (χ1) is 12.3. The number of carbonyl (C=O) groups excluding carboxylic acids is 1. The van der Waals surface area contributed by atoms with Crippen LogP contribution >= 0.6 is 11.3 Å². The van der Waals surface area contributed by atoms with Crippen molar-refractivity contribution in [3.8, 4) is 0 Å². The van der Waals surface area contributed by atoms with Crippen molar-refractivity contribution in [2.24, 2.45) is 0 Å². The lowest BCUT2D eigenvalue weighted by Gasteiger charge is -2.27. The Morgan fingerprint density at radius 1 is 1.46 bits per heavy atom. The lowest BCUT2D eigenvalue weighted by atomic mass is 10.0. The van der Waals surface area contributed by atoms with Gasteiger partial charge in [-0.15, -0.1) is 11.3 Å². The standard InChI is InChI=1S/C19H28N4O2S/c1-12(8-22(4)5)20-19(24)17-11-26-18-10-23(7-6-15(17)18)9-16-13(2)21-25-14(16)3/h11-12H,6-10H2,1-5H3,(H,20,24)/t12-/m1/s1. The van der Waals surface area contributed by atoms with Gasteiger partial charge in [0.2, 0.25) is 0 Å². The molecule has 1 N–H and O–H groups in total. The van der Waals surface area contributed by atoms with Crippen molar-refractivity contribution in [2.45, 2.75) is 46.3 Å². The normalized spacial score (nSPS) is 15.9. The molecule has 142 valence electrons. The lowest BCUT2D eigenvalue weighted by molar-refractivity contribution is 0.0933. The van der Waals surface area contributed by atoms with Gasteiger partial charge in [-0.3, -0.25) is 9.69 Å². The molecule has 26 heavy (non-hydrogen) atoms. The van der Waals surface area contributed by atoms with E-state index in [0.29, 0.717) is 0 Å². The summed E-state index contributed by atoms with van der Waals surface area (Å²) >= 11 is 1.69. The molecular formula is C19H28N4O2S. The number of nitrogens with one attached hydrogen (secondary N) is 1. The molecule has 6 nitrogen and oxygen atoms in total. The third kappa shape index (κ3) is 4.16. The van der Waals surface area contributed by atoms with Crippen LogP contribution < -0.4 is 5.32 Å². The predicted octanol–water partition coefficient (Wildman–Crippen LogP) is 2.59. The fourth-order valence-corrected chi connectivity index (χ4v) is 4.67. The zero-order chi connectivity index (χ0) is 18.8. The maximum atomic E-state index is 12.6. The van der Waals surface area contributed by atoms with E-state index in [1.165, 1.54) is 16.0 Å².